The number of imidazole rings is 1. The van der Waals surface area contributed by atoms with Crippen LogP contribution < -0.4 is 0 Å². The molecule has 1 fully saturated rings. The Hall–Kier alpha value is -2.10. The summed E-state index contributed by atoms with van der Waals surface area (Å²) in [4.78, 5) is 26.3. The lowest BCUT2D eigenvalue weighted by atomic mass is 10.1. The highest BCUT2D eigenvalue weighted by molar-refractivity contribution is 7.99. The maximum absolute atomic E-state index is 13.0. The molecule has 0 spiro atoms. The molecule has 0 bridgehead atoms. The summed E-state index contributed by atoms with van der Waals surface area (Å²) in [5.41, 5.74) is 2.21. The van der Waals surface area contributed by atoms with E-state index in [1.807, 2.05) is 30.3 Å². The predicted octanol–water partition coefficient (Wildman–Crippen LogP) is 2.92. The number of amides is 1. The van der Waals surface area contributed by atoms with Crippen LogP contribution in [-0.2, 0) is 21.2 Å². The summed E-state index contributed by atoms with van der Waals surface area (Å²) >= 11 is 7.21. The number of nitrogens with zero attached hydrogens (tertiary/aromatic N) is 3. The second-order valence-electron chi connectivity index (χ2n) is 6.92. The molecule has 1 aromatic carbocycles. The van der Waals surface area contributed by atoms with Gasteiger partial charge >= 0.3 is 0 Å². The number of thioether (sulfide) groups is 1. The number of hydrogen-bond donors (Lipinski definition) is 1. The van der Waals surface area contributed by atoms with Gasteiger partial charge in [-0.05, 0) is 18.1 Å². The van der Waals surface area contributed by atoms with Gasteiger partial charge in [0.1, 0.15) is 0 Å². The number of pyridine rings is 1. The first kappa shape index (κ1) is 20.2. The summed E-state index contributed by atoms with van der Waals surface area (Å²) in [6.45, 7) is 0.387. The number of rotatable bonds is 6. The molecule has 0 radical (unpaired) electrons. The fourth-order valence-electron chi connectivity index (χ4n) is 3.36. The van der Waals surface area contributed by atoms with Crippen molar-refractivity contribution in [2.24, 2.45) is 0 Å². The molecule has 0 saturated carbocycles. The van der Waals surface area contributed by atoms with Crippen LogP contribution in [0.2, 0.25) is 5.02 Å². The van der Waals surface area contributed by atoms with E-state index in [0.29, 0.717) is 34.3 Å². The topological polar surface area (TPSA) is 96.0 Å². The van der Waals surface area contributed by atoms with Gasteiger partial charge in [0.15, 0.2) is 20.6 Å². The first-order chi connectivity index (χ1) is 13.9. The molecule has 152 valence electrons. The zero-order valence-corrected chi connectivity index (χ0v) is 17.8. The second-order valence-corrected chi connectivity index (χ2v) is 10.5. The lowest BCUT2D eigenvalue weighted by Gasteiger charge is -2.28. The Morgan fingerprint density at radius 2 is 2.10 bits per heavy atom. The molecule has 10 heteroatoms. The molecule has 3 heterocycles. The second kappa shape index (κ2) is 8.33. The third kappa shape index (κ3) is 4.91. The fraction of sp³-hybridized carbons (Fsp3) is 0.316. The molecule has 1 aliphatic rings. The van der Waals surface area contributed by atoms with Crippen molar-refractivity contribution < 1.29 is 13.2 Å². The standard InChI is InChI=1S/C19H19ClN4O3S2/c20-14-8-16-18(21-9-14)23-19(22-16)28-11-17(25)24(10-13-4-2-1-3-5-13)15-6-7-29(26,27)12-15/h1-5,8-9,15H,6-7,10-12H2,(H,21,22,23)/t15-/m0/s1. The zero-order chi connectivity index (χ0) is 20.4. The molecule has 1 saturated heterocycles. The van der Waals surface area contributed by atoms with Gasteiger partial charge in [0.25, 0.3) is 0 Å². The Morgan fingerprint density at radius 3 is 2.83 bits per heavy atom. The molecule has 3 aromatic rings. The van der Waals surface area contributed by atoms with Crippen molar-refractivity contribution in [2.75, 3.05) is 17.3 Å². The minimum absolute atomic E-state index is 0.0172. The first-order valence-corrected chi connectivity index (χ1v) is 12.3. The van der Waals surface area contributed by atoms with Crippen molar-refractivity contribution in [1.82, 2.24) is 19.9 Å². The summed E-state index contributed by atoms with van der Waals surface area (Å²) in [5, 5.41) is 1.08. The van der Waals surface area contributed by atoms with Gasteiger partial charge in [-0.3, -0.25) is 4.79 Å². The number of sulfone groups is 1. The van der Waals surface area contributed by atoms with Crippen LogP contribution in [0, 0.1) is 0 Å². The van der Waals surface area contributed by atoms with Gasteiger partial charge in [-0.15, -0.1) is 0 Å². The highest BCUT2D eigenvalue weighted by Gasteiger charge is 2.34. The number of H-pyrrole nitrogens is 1. The summed E-state index contributed by atoms with van der Waals surface area (Å²) in [5.74, 6) is 0.173. The summed E-state index contributed by atoms with van der Waals surface area (Å²) in [6, 6.07) is 11.0. The monoisotopic (exact) mass is 450 g/mol. The van der Waals surface area contributed by atoms with Crippen LogP contribution in [0.5, 0.6) is 0 Å². The van der Waals surface area contributed by atoms with Crippen LogP contribution >= 0.6 is 23.4 Å². The number of nitrogens with one attached hydrogen (secondary N) is 1. The van der Waals surface area contributed by atoms with Gasteiger partial charge in [0.2, 0.25) is 5.91 Å². The molecule has 0 aliphatic carbocycles. The smallest absolute Gasteiger partial charge is 0.233 e. The van der Waals surface area contributed by atoms with Crippen molar-refractivity contribution in [3.63, 3.8) is 0 Å². The number of aromatic amines is 1. The minimum Gasteiger partial charge on any atom is -0.334 e. The van der Waals surface area contributed by atoms with E-state index in [0.717, 1.165) is 5.56 Å². The van der Waals surface area contributed by atoms with Crippen LogP contribution in [0.3, 0.4) is 0 Å². The molecule has 1 amide bonds. The Balaban J connectivity index is 1.49. The van der Waals surface area contributed by atoms with E-state index in [1.54, 1.807) is 11.0 Å². The number of aromatic nitrogens is 3. The summed E-state index contributed by atoms with van der Waals surface area (Å²) < 4.78 is 23.9. The normalized spacial score (nSPS) is 18.2. The van der Waals surface area contributed by atoms with E-state index < -0.39 is 9.84 Å². The van der Waals surface area contributed by atoms with Crippen LogP contribution in [0.15, 0.2) is 47.8 Å². The van der Waals surface area contributed by atoms with Crippen molar-refractivity contribution in [3.8, 4) is 0 Å². The van der Waals surface area contributed by atoms with Gasteiger partial charge in [0, 0.05) is 18.8 Å². The van der Waals surface area contributed by atoms with Crippen molar-refractivity contribution in [3.05, 3.63) is 53.2 Å². The number of fused-ring (bicyclic) bond motifs is 1. The molecule has 0 unspecified atom stereocenters. The predicted molar refractivity (Wildman–Crippen MR) is 114 cm³/mol. The molecule has 1 atom stereocenters. The molecular formula is C19H19ClN4O3S2. The van der Waals surface area contributed by atoms with Crippen molar-refractivity contribution in [2.45, 2.75) is 24.2 Å². The Bertz CT molecular complexity index is 1130. The fourth-order valence-corrected chi connectivity index (χ4v) is 6.00. The van der Waals surface area contributed by atoms with E-state index in [9.17, 15) is 13.2 Å². The average Bonchev–Trinajstić information content (AvgIpc) is 3.26. The molecule has 29 heavy (non-hydrogen) atoms. The number of halogens is 1. The van der Waals surface area contributed by atoms with E-state index >= 15 is 0 Å². The molecule has 1 aliphatic heterocycles. The van der Waals surface area contributed by atoms with Crippen LogP contribution in [0.25, 0.3) is 11.2 Å². The van der Waals surface area contributed by atoms with Gasteiger partial charge in [-0.1, -0.05) is 53.7 Å². The average molecular weight is 451 g/mol. The van der Waals surface area contributed by atoms with Gasteiger partial charge < -0.3 is 9.88 Å². The highest BCUT2D eigenvalue weighted by atomic mass is 35.5. The van der Waals surface area contributed by atoms with Gasteiger partial charge in [-0.25, -0.2) is 18.4 Å². The summed E-state index contributed by atoms with van der Waals surface area (Å²) in [7, 11) is -3.09. The zero-order valence-electron chi connectivity index (χ0n) is 15.4. The number of carbonyl (C=O) groups excluding carboxylic acids is 1. The van der Waals surface area contributed by atoms with E-state index in [2.05, 4.69) is 15.0 Å². The highest BCUT2D eigenvalue weighted by Crippen LogP contribution is 2.24. The van der Waals surface area contributed by atoms with E-state index in [4.69, 9.17) is 11.6 Å². The largest absolute Gasteiger partial charge is 0.334 e. The third-order valence-corrected chi connectivity index (χ3v) is 7.60. The minimum atomic E-state index is -3.09. The molecular weight excluding hydrogens is 432 g/mol. The van der Waals surface area contributed by atoms with Crippen molar-refractivity contribution >= 4 is 50.3 Å². The number of benzene rings is 1. The number of carbonyl (C=O) groups is 1. The van der Waals surface area contributed by atoms with E-state index in [-0.39, 0.29) is 29.2 Å². The third-order valence-electron chi connectivity index (χ3n) is 4.78. The Labute approximate surface area is 177 Å². The Morgan fingerprint density at radius 1 is 1.31 bits per heavy atom. The maximum Gasteiger partial charge on any atom is 0.233 e. The van der Waals surface area contributed by atoms with Crippen LogP contribution in [0.1, 0.15) is 12.0 Å². The molecule has 2 aromatic heterocycles. The molecule has 4 rings (SSSR count). The Kier molecular flexibility index (Phi) is 5.80. The quantitative estimate of drug-likeness (QED) is 0.580. The van der Waals surface area contributed by atoms with Gasteiger partial charge in [-0.2, -0.15) is 0 Å². The molecule has 1 N–H and O–H groups in total. The van der Waals surface area contributed by atoms with Crippen molar-refractivity contribution in [1.29, 1.82) is 0 Å². The van der Waals surface area contributed by atoms with Gasteiger partial charge in [0.05, 0.1) is 27.8 Å². The molecule has 7 nitrogen and oxygen atoms in total. The van der Waals surface area contributed by atoms with Crippen LogP contribution in [-0.4, -0.2) is 57.5 Å². The number of hydrogen-bond acceptors (Lipinski definition) is 6. The summed E-state index contributed by atoms with van der Waals surface area (Å²) in [6.07, 6.45) is 1.99. The lowest BCUT2D eigenvalue weighted by Crippen LogP contribution is -2.41. The first-order valence-electron chi connectivity index (χ1n) is 9.07. The van der Waals surface area contributed by atoms with Crippen LogP contribution in [0.4, 0.5) is 0 Å². The van der Waals surface area contributed by atoms with E-state index in [1.165, 1.54) is 18.0 Å². The maximum atomic E-state index is 13.0. The SMILES string of the molecule is O=C(CSc1nc2ncc(Cl)cc2[nH]1)N(Cc1ccccc1)[C@H]1CCS(=O)(=O)C1. The lowest BCUT2D eigenvalue weighted by molar-refractivity contribution is -0.130.